The SMILES string of the molecule is Fc1c(Nc2ncnc3ccc([C@@H]4CCCNC4)cc23)ccc2cnsc12. The van der Waals surface area contributed by atoms with Gasteiger partial charge in [0.05, 0.1) is 15.9 Å². The number of nitrogens with one attached hydrogen (secondary N) is 2. The molecule has 136 valence electrons. The molecule has 7 heteroatoms. The summed E-state index contributed by atoms with van der Waals surface area (Å²) in [6.45, 7) is 2.07. The molecule has 1 atom stereocenters. The highest BCUT2D eigenvalue weighted by molar-refractivity contribution is 7.13. The van der Waals surface area contributed by atoms with Crippen LogP contribution in [0.15, 0.2) is 42.9 Å². The average molecular weight is 379 g/mol. The minimum atomic E-state index is -0.297. The minimum absolute atomic E-state index is 0.297. The molecule has 0 bridgehead atoms. The van der Waals surface area contributed by atoms with Crippen LogP contribution in [0.5, 0.6) is 0 Å². The predicted octanol–water partition coefficient (Wildman–Crippen LogP) is 4.59. The normalized spacial score (nSPS) is 17.4. The molecule has 1 fully saturated rings. The van der Waals surface area contributed by atoms with Crippen molar-refractivity contribution in [1.82, 2.24) is 19.7 Å². The lowest BCUT2D eigenvalue weighted by Gasteiger charge is -2.23. The van der Waals surface area contributed by atoms with E-state index in [4.69, 9.17) is 0 Å². The first-order valence-corrected chi connectivity index (χ1v) is 9.82. The Morgan fingerprint density at radius 2 is 2.15 bits per heavy atom. The molecular formula is C20H18FN5S. The van der Waals surface area contributed by atoms with Crippen molar-refractivity contribution in [3.8, 4) is 0 Å². The quantitative estimate of drug-likeness (QED) is 0.545. The van der Waals surface area contributed by atoms with Crippen LogP contribution < -0.4 is 10.6 Å². The number of nitrogens with zero attached hydrogens (tertiary/aromatic N) is 3. The number of rotatable bonds is 3. The van der Waals surface area contributed by atoms with Gasteiger partial charge in [0.2, 0.25) is 0 Å². The molecule has 5 rings (SSSR count). The van der Waals surface area contributed by atoms with E-state index in [-0.39, 0.29) is 5.82 Å². The Labute approximate surface area is 159 Å². The molecule has 4 aromatic rings. The van der Waals surface area contributed by atoms with Crippen molar-refractivity contribution in [3.05, 3.63) is 54.2 Å². The van der Waals surface area contributed by atoms with E-state index in [2.05, 4.69) is 37.1 Å². The lowest BCUT2D eigenvalue weighted by Crippen LogP contribution is -2.28. The van der Waals surface area contributed by atoms with Gasteiger partial charge in [-0.05, 0) is 66.7 Å². The Morgan fingerprint density at radius 3 is 3.04 bits per heavy atom. The zero-order chi connectivity index (χ0) is 18.2. The van der Waals surface area contributed by atoms with Crippen LogP contribution in [0.3, 0.4) is 0 Å². The first-order valence-electron chi connectivity index (χ1n) is 9.05. The van der Waals surface area contributed by atoms with Crippen LogP contribution in [0.2, 0.25) is 0 Å². The second-order valence-corrected chi connectivity index (χ2v) is 7.64. The van der Waals surface area contributed by atoms with Crippen LogP contribution in [-0.4, -0.2) is 27.4 Å². The van der Waals surface area contributed by atoms with Gasteiger partial charge in [0.1, 0.15) is 12.1 Å². The van der Waals surface area contributed by atoms with Gasteiger partial charge in [-0.1, -0.05) is 6.07 Å². The van der Waals surface area contributed by atoms with Crippen molar-refractivity contribution in [2.45, 2.75) is 18.8 Å². The number of fused-ring (bicyclic) bond motifs is 2. The second-order valence-electron chi connectivity index (χ2n) is 6.84. The summed E-state index contributed by atoms with van der Waals surface area (Å²) in [6, 6.07) is 9.90. The highest BCUT2D eigenvalue weighted by Crippen LogP contribution is 2.32. The Kier molecular flexibility index (Phi) is 4.18. The van der Waals surface area contributed by atoms with Gasteiger partial charge in [-0.3, -0.25) is 0 Å². The lowest BCUT2D eigenvalue weighted by molar-refractivity contribution is 0.462. The standard InChI is InChI=1S/C20H18FN5S/c21-18-17(6-4-14-10-25-27-19(14)18)26-20-15-8-12(13-2-1-7-22-9-13)3-5-16(15)23-11-24-20/h3-6,8,10-11,13,22H,1-2,7,9H2,(H,23,24,26)/t13-/m1/s1. The zero-order valence-electron chi connectivity index (χ0n) is 14.6. The van der Waals surface area contributed by atoms with Gasteiger partial charge >= 0.3 is 0 Å². The third kappa shape index (κ3) is 3.02. The van der Waals surface area contributed by atoms with Crippen molar-refractivity contribution in [2.24, 2.45) is 0 Å². The summed E-state index contributed by atoms with van der Waals surface area (Å²) in [5, 5.41) is 8.34. The number of benzene rings is 2. The molecule has 1 aliphatic heterocycles. The van der Waals surface area contributed by atoms with Crippen molar-refractivity contribution >= 4 is 44.0 Å². The van der Waals surface area contributed by atoms with Crippen LogP contribution in [0, 0.1) is 5.82 Å². The monoisotopic (exact) mass is 379 g/mol. The maximum Gasteiger partial charge on any atom is 0.166 e. The molecule has 1 aliphatic rings. The number of aromatic nitrogens is 3. The average Bonchev–Trinajstić information content (AvgIpc) is 3.20. The van der Waals surface area contributed by atoms with Crippen LogP contribution >= 0.6 is 11.5 Å². The van der Waals surface area contributed by atoms with E-state index in [9.17, 15) is 4.39 Å². The van der Waals surface area contributed by atoms with Gasteiger partial charge in [-0.25, -0.2) is 14.4 Å². The molecule has 27 heavy (non-hydrogen) atoms. The van der Waals surface area contributed by atoms with E-state index < -0.39 is 0 Å². The molecule has 2 N–H and O–H groups in total. The predicted molar refractivity (Wildman–Crippen MR) is 107 cm³/mol. The zero-order valence-corrected chi connectivity index (χ0v) is 15.4. The maximum atomic E-state index is 14.8. The number of halogens is 1. The number of hydrogen-bond acceptors (Lipinski definition) is 6. The fourth-order valence-electron chi connectivity index (χ4n) is 3.69. The molecule has 5 nitrogen and oxygen atoms in total. The molecule has 0 saturated carbocycles. The second kappa shape index (κ2) is 6.83. The molecule has 0 spiro atoms. The van der Waals surface area contributed by atoms with Crippen LogP contribution in [0.1, 0.15) is 24.3 Å². The van der Waals surface area contributed by atoms with Crippen molar-refractivity contribution < 1.29 is 4.39 Å². The van der Waals surface area contributed by atoms with Crippen molar-refractivity contribution in [1.29, 1.82) is 0 Å². The molecule has 1 saturated heterocycles. The summed E-state index contributed by atoms with van der Waals surface area (Å²) in [5.74, 6) is 0.810. The molecule has 3 heterocycles. The molecular weight excluding hydrogens is 361 g/mol. The van der Waals surface area contributed by atoms with Gasteiger partial charge < -0.3 is 10.6 Å². The third-order valence-electron chi connectivity index (χ3n) is 5.14. The molecule has 0 radical (unpaired) electrons. The van der Waals surface area contributed by atoms with Gasteiger partial charge in [0.25, 0.3) is 0 Å². The summed E-state index contributed by atoms with van der Waals surface area (Å²) in [4.78, 5) is 8.75. The highest BCUT2D eigenvalue weighted by atomic mass is 32.1. The van der Waals surface area contributed by atoms with Gasteiger partial charge in [-0.15, -0.1) is 0 Å². The Hall–Kier alpha value is -2.64. The summed E-state index contributed by atoms with van der Waals surface area (Å²) >= 11 is 1.16. The molecule has 0 unspecified atom stereocenters. The van der Waals surface area contributed by atoms with E-state index in [1.165, 1.54) is 24.7 Å². The fraction of sp³-hybridized carbons (Fsp3) is 0.250. The van der Waals surface area contributed by atoms with E-state index >= 15 is 0 Å². The summed E-state index contributed by atoms with van der Waals surface area (Å²) in [5.41, 5.74) is 2.52. The Bertz CT molecular complexity index is 1120. The summed E-state index contributed by atoms with van der Waals surface area (Å²) < 4.78 is 19.4. The largest absolute Gasteiger partial charge is 0.337 e. The maximum absolute atomic E-state index is 14.8. The van der Waals surface area contributed by atoms with Gasteiger partial charge in [-0.2, -0.15) is 4.37 Å². The summed E-state index contributed by atoms with van der Waals surface area (Å²) in [7, 11) is 0. The topological polar surface area (TPSA) is 62.7 Å². The molecule has 0 amide bonds. The van der Waals surface area contributed by atoms with Crippen molar-refractivity contribution in [3.63, 3.8) is 0 Å². The molecule has 2 aromatic carbocycles. The van der Waals surface area contributed by atoms with Crippen LogP contribution in [0.25, 0.3) is 21.0 Å². The van der Waals surface area contributed by atoms with Gasteiger partial charge in [0.15, 0.2) is 5.82 Å². The Morgan fingerprint density at radius 1 is 1.19 bits per heavy atom. The van der Waals surface area contributed by atoms with E-state index in [0.717, 1.165) is 40.9 Å². The van der Waals surface area contributed by atoms with E-state index in [0.29, 0.717) is 22.1 Å². The smallest absolute Gasteiger partial charge is 0.166 e. The number of anilines is 2. The number of piperidine rings is 1. The van der Waals surface area contributed by atoms with Crippen LogP contribution in [-0.2, 0) is 0 Å². The fourth-order valence-corrected chi connectivity index (χ4v) is 4.38. The van der Waals surface area contributed by atoms with Crippen LogP contribution in [0.4, 0.5) is 15.9 Å². The number of hydrogen-bond donors (Lipinski definition) is 2. The van der Waals surface area contributed by atoms with E-state index in [1.54, 1.807) is 12.3 Å². The summed E-state index contributed by atoms with van der Waals surface area (Å²) in [6.07, 6.45) is 5.54. The first kappa shape index (κ1) is 16.5. The highest BCUT2D eigenvalue weighted by Gasteiger charge is 2.17. The minimum Gasteiger partial charge on any atom is -0.337 e. The molecule has 0 aliphatic carbocycles. The lowest BCUT2D eigenvalue weighted by atomic mass is 9.91. The molecule has 2 aromatic heterocycles. The first-order chi connectivity index (χ1) is 13.3. The third-order valence-corrected chi connectivity index (χ3v) is 5.95. The van der Waals surface area contributed by atoms with E-state index in [1.807, 2.05) is 12.1 Å². The van der Waals surface area contributed by atoms with Gasteiger partial charge in [0, 0.05) is 23.5 Å². The Balaban J connectivity index is 1.56. The van der Waals surface area contributed by atoms with Crippen molar-refractivity contribution in [2.75, 3.05) is 18.4 Å².